The summed E-state index contributed by atoms with van der Waals surface area (Å²) in [4.78, 5) is 32.7. The summed E-state index contributed by atoms with van der Waals surface area (Å²) in [6.07, 6.45) is -4.94. The Morgan fingerprint density at radius 2 is 0.909 bits per heavy atom. The number of likely N-dealkylation sites (tertiary alicyclic amines) is 2. The number of anilines is 2. The van der Waals surface area contributed by atoms with Gasteiger partial charge in [0, 0.05) is 47.7 Å². The normalized spacial score (nSPS) is 17.4. The molecule has 0 spiro atoms. The third-order valence-corrected chi connectivity index (χ3v) is 12.7. The number of hydrogen-bond acceptors (Lipinski definition) is 8. The van der Waals surface area contributed by atoms with Crippen LogP contribution in [0.2, 0.25) is 0 Å². The molecule has 66 heavy (non-hydrogen) atoms. The number of benzene rings is 4. The van der Waals surface area contributed by atoms with Gasteiger partial charge in [-0.2, -0.15) is 26.3 Å². The van der Waals surface area contributed by atoms with Crippen molar-refractivity contribution in [3.63, 3.8) is 0 Å². The standard InChI is InChI=1S/2C24H26F4N2O3/c2*1-15-7-9-29(10-8-15)11-12-33-21-13-16(3-6-20(21)32-2)30-14-17-19(25)5-4-18(24(26,27)28)22(17)23(30)31/h2*3-6,13,15H,7-12,14H2,1-2H3. The van der Waals surface area contributed by atoms with Crippen LogP contribution in [-0.2, 0) is 25.4 Å². The van der Waals surface area contributed by atoms with Gasteiger partial charge in [-0.3, -0.25) is 19.4 Å². The van der Waals surface area contributed by atoms with Crippen LogP contribution in [0.5, 0.6) is 23.0 Å². The first-order valence-electron chi connectivity index (χ1n) is 21.8. The molecule has 4 aromatic rings. The van der Waals surface area contributed by atoms with Gasteiger partial charge in [-0.05, 0) is 112 Å². The molecule has 8 rings (SSSR count). The summed E-state index contributed by atoms with van der Waals surface area (Å²) in [5.41, 5.74) is -3.43. The Morgan fingerprint density at radius 1 is 0.545 bits per heavy atom. The van der Waals surface area contributed by atoms with Crippen LogP contribution in [0.1, 0.15) is 82.5 Å². The lowest BCUT2D eigenvalue weighted by Crippen LogP contribution is -2.35. The number of carbonyl (C=O) groups is 2. The highest BCUT2D eigenvalue weighted by Crippen LogP contribution is 2.43. The Kier molecular flexibility index (Phi) is 14.7. The fraction of sp³-hybridized carbons (Fsp3) is 0.458. The van der Waals surface area contributed by atoms with Crippen molar-refractivity contribution < 1.29 is 63.7 Å². The molecular formula is C48H52F8N4O6. The molecule has 356 valence electrons. The van der Waals surface area contributed by atoms with E-state index in [9.17, 15) is 44.7 Å². The predicted octanol–water partition coefficient (Wildman–Crippen LogP) is 10.2. The van der Waals surface area contributed by atoms with Crippen LogP contribution in [0.15, 0.2) is 60.7 Å². The molecule has 2 amide bonds. The van der Waals surface area contributed by atoms with Crippen LogP contribution in [0.3, 0.4) is 0 Å². The maximum atomic E-state index is 14.3. The minimum Gasteiger partial charge on any atom is -0.493 e. The van der Waals surface area contributed by atoms with E-state index in [-0.39, 0.29) is 24.2 Å². The Hall–Kier alpha value is -5.62. The zero-order valence-electron chi connectivity index (χ0n) is 37.1. The van der Waals surface area contributed by atoms with Crippen molar-refractivity contribution in [3.8, 4) is 23.0 Å². The fourth-order valence-electron chi connectivity index (χ4n) is 8.69. The van der Waals surface area contributed by atoms with Gasteiger partial charge in [0.15, 0.2) is 23.0 Å². The second-order valence-corrected chi connectivity index (χ2v) is 17.1. The number of methoxy groups -OCH3 is 2. The molecule has 0 atom stereocenters. The number of ether oxygens (including phenoxy) is 4. The lowest BCUT2D eigenvalue weighted by molar-refractivity contribution is -0.138. The molecule has 2 fully saturated rings. The monoisotopic (exact) mass is 932 g/mol. The Labute approximate surface area is 377 Å². The number of piperidine rings is 2. The van der Waals surface area contributed by atoms with Crippen LogP contribution < -0.4 is 28.7 Å². The molecule has 0 aliphatic carbocycles. The molecule has 0 bridgehead atoms. The van der Waals surface area contributed by atoms with Crippen molar-refractivity contribution in [2.24, 2.45) is 11.8 Å². The summed E-state index contributed by atoms with van der Waals surface area (Å²) in [5, 5.41) is 0. The van der Waals surface area contributed by atoms with Crippen LogP contribution in [0, 0.1) is 23.5 Å². The topological polar surface area (TPSA) is 84.0 Å². The van der Waals surface area contributed by atoms with Crippen LogP contribution in [-0.4, -0.2) is 88.3 Å². The SMILES string of the molecule is COc1ccc(N2Cc3c(F)ccc(C(F)(F)F)c3C2=O)cc1OCCN1CCC(C)CC1.COc1ccc(N2Cc3c(F)ccc(C(F)(F)F)c3C2=O)cc1OCCN1CCC(C)CC1. The first-order chi connectivity index (χ1) is 31.4. The van der Waals surface area contributed by atoms with Gasteiger partial charge in [-0.15, -0.1) is 0 Å². The number of carbonyl (C=O) groups excluding carboxylic acids is 2. The smallest absolute Gasteiger partial charge is 0.417 e. The zero-order valence-corrected chi connectivity index (χ0v) is 37.1. The number of alkyl halides is 6. The van der Waals surface area contributed by atoms with Gasteiger partial charge in [0.05, 0.1) is 49.6 Å². The van der Waals surface area contributed by atoms with Gasteiger partial charge in [-0.25, -0.2) is 8.78 Å². The van der Waals surface area contributed by atoms with Gasteiger partial charge in [0.1, 0.15) is 24.8 Å². The van der Waals surface area contributed by atoms with Crippen LogP contribution in [0.4, 0.5) is 46.5 Å². The Bertz CT molecular complexity index is 2230. The summed E-state index contributed by atoms with van der Waals surface area (Å²) >= 11 is 0. The van der Waals surface area contributed by atoms with E-state index in [0.717, 1.165) is 98.7 Å². The van der Waals surface area contributed by atoms with Crippen molar-refractivity contribution >= 4 is 23.2 Å². The van der Waals surface area contributed by atoms with Crippen molar-refractivity contribution in [1.29, 1.82) is 0 Å². The summed E-state index contributed by atoms with van der Waals surface area (Å²) in [5.74, 6) is -0.376. The van der Waals surface area contributed by atoms with Gasteiger partial charge in [0.2, 0.25) is 0 Å². The molecule has 0 saturated carbocycles. The van der Waals surface area contributed by atoms with Gasteiger partial charge < -0.3 is 28.7 Å². The number of fused-ring (bicyclic) bond motifs is 2. The van der Waals surface area contributed by atoms with E-state index in [1.54, 1.807) is 36.4 Å². The highest BCUT2D eigenvalue weighted by atomic mass is 19.4. The fourth-order valence-corrected chi connectivity index (χ4v) is 8.69. The lowest BCUT2D eigenvalue weighted by atomic mass is 9.99. The minimum absolute atomic E-state index is 0.257. The lowest BCUT2D eigenvalue weighted by Gasteiger charge is -2.30. The summed E-state index contributed by atoms with van der Waals surface area (Å²) in [7, 11) is 2.96. The van der Waals surface area contributed by atoms with Crippen molar-refractivity contribution in [2.75, 3.05) is 76.5 Å². The molecule has 2 saturated heterocycles. The number of nitrogens with zero attached hydrogens (tertiary/aromatic N) is 4. The predicted molar refractivity (Wildman–Crippen MR) is 230 cm³/mol. The van der Waals surface area contributed by atoms with Crippen molar-refractivity contribution in [1.82, 2.24) is 9.80 Å². The number of amides is 2. The molecule has 10 nitrogen and oxygen atoms in total. The molecular weight excluding hydrogens is 881 g/mol. The summed E-state index contributed by atoms with van der Waals surface area (Å²) in [6.45, 7) is 10.2. The molecule has 4 aliphatic rings. The molecule has 18 heteroatoms. The molecule has 0 N–H and O–H groups in total. The molecule has 4 aliphatic heterocycles. The van der Waals surface area contributed by atoms with E-state index in [1.165, 1.54) is 14.2 Å². The molecule has 0 radical (unpaired) electrons. The first-order valence-corrected chi connectivity index (χ1v) is 21.8. The Morgan fingerprint density at radius 3 is 1.24 bits per heavy atom. The van der Waals surface area contributed by atoms with E-state index in [2.05, 4.69) is 23.6 Å². The summed E-state index contributed by atoms with van der Waals surface area (Å²) in [6, 6.07) is 12.1. The number of rotatable bonds is 12. The molecule has 4 aromatic carbocycles. The number of halogens is 8. The van der Waals surface area contributed by atoms with E-state index >= 15 is 0 Å². The van der Waals surface area contributed by atoms with Crippen LogP contribution in [0.25, 0.3) is 0 Å². The van der Waals surface area contributed by atoms with Gasteiger partial charge in [0.25, 0.3) is 11.8 Å². The summed E-state index contributed by atoms with van der Waals surface area (Å²) < 4.78 is 132. The van der Waals surface area contributed by atoms with Crippen molar-refractivity contribution in [3.05, 3.63) is 106 Å². The van der Waals surface area contributed by atoms with E-state index < -0.39 is 58.1 Å². The largest absolute Gasteiger partial charge is 0.493 e. The first kappa shape index (κ1) is 48.3. The van der Waals surface area contributed by atoms with Gasteiger partial charge in [-0.1, -0.05) is 13.8 Å². The zero-order chi connectivity index (χ0) is 47.5. The minimum atomic E-state index is -4.76. The van der Waals surface area contributed by atoms with E-state index in [1.807, 2.05) is 0 Å². The maximum Gasteiger partial charge on any atom is 0.417 e. The average Bonchev–Trinajstić information content (AvgIpc) is 3.82. The maximum absolute atomic E-state index is 14.3. The van der Waals surface area contributed by atoms with Gasteiger partial charge >= 0.3 is 12.4 Å². The molecule has 4 heterocycles. The second kappa shape index (κ2) is 20.1. The van der Waals surface area contributed by atoms with Crippen LogP contribution >= 0.6 is 0 Å². The average molecular weight is 933 g/mol. The molecule has 0 aromatic heterocycles. The number of hydrogen-bond donors (Lipinski definition) is 0. The highest BCUT2D eigenvalue weighted by molar-refractivity contribution is 6.12. The third kappa shape index (κ3) is 10.6. The van der Waals surface area contributed by atoms with E-state index in [4.69, 9.17) is 18.9 Å². The Balaban J connectivity index is 0.000000196. The second-order valence-electron chi connectivity index (χ2n) is 17.1. The van der Waals surface area contributed by atoms with E-state index in [0.29, 0.717) is 59.7 Å². The quantitative estimate of drug-likeness (QED) is 0.130. The highest BCUT2D eigenvalue weighted by Gasteiger charge is 2.44. The third-order valence-electron chi connectivity index (χ3n) is 12.7. The van der Waals surface area contributed by atoms with Crippen molar-refractivity contribution in [2.45, 2.75) is 65.0 Å². The molecule has 0 unspecified atom stereocenters.